The third-order valence-corrected chi connectivity index (χ3v) is 4.07. The Labute approximate surface area is 167 Å². The first kappa shape index (κ1) is 21.8. The number of para-hydroxylation sites is 1. The maximum absolute atomic E-state index is 12.4. The first-order valence-electron chi connectivity index (χ1n) is 8.50. The van der Waals surface area contributed by atoms with Crippen molar-refractivity contribution in [2.24, 2.45) is 0 Å². The van der Waals surface area contributed by atoms with E-state index < -0.39 is 0 Å². The molecule has 1 amide bonds. The fourth-order valence-electron chi connectivity index (χ4n) is 2.60. The maximum Gasteiger partial charge on any atom is 2.00 e. The van der Waals surface area contributed by atoms with Gasteiger partial charge in [-0.15, -0.1) is 0 Å². The average molecular weight is 390 g/mol. The Morgan fingerprint density at radius 2 is 1.62 bits per heavy atom. The van der Waals surface area contributed by atoms with Crippen LogP contribution in [-0.2, 0) is 21.9 Å². The zero-order valence-electron chi connectivity index (χ0n) is 15.4. The van der Waals surface area contributed by atoms with Gasteiger partial charge in [-0.1, -0.05) is 25.1 Å². The van der Waals surface area contributed by atoms with E-state index in [2.05, 4.69) is 24.4 Å². The van der Waals surface area contributed by atoms with Crippen LogP contribution in [0.3, 0.4) is 0 Å². The number of carbonyl (C=O) groups excluding carboxylic acids is 1. The molecular weight excluding hydrogens is 364 g/mol. The molecule has 138 valence electrons. The summed E-state index contributed by atoms with van der Waals surface area (Å²) in [5.74, 6) is 0.197. The van der Waals surface area contributed by atoms with Crippen LogP contribution in [0.5, 0.6) is 0 Å². The number of amides is 1. The van der Waals surface area contributed by atoms with Crippen molar-refractivity contribution in [2.75, 3.05) is 19.4 Å². The predicted molar refractivity (Wildman–Crippen MR) is 105 cm³/mol. The van der Waals surface area contributed by atoms with Gasteiger partial charge >= 0.3 is 17.1 Å². The molecule has 0 aliphatic heterocycles. The van der Waals surface area contributed by atoms with Crippen molar-refractivity contribution in [3.05, 3.63) is 90.5 Å². The molecule has 0 heterocycles. The maximum atomic E-state index is 12.4. The summed E-state index contributed by atoms with van der Waals surface area (Å²) < 4.78 is 0. The first-order chi connectivity index (χ1) is 12.1. The van der Waals surface area contributed by atoms with Crippen LogP contribution in [0.2, 0.25) is 0 Å². The van der Waals surface area contributed by atoms with Crippen molar-refractivity contribution in [2.45, 2.75) is 18.9 Å². The quantitative estimate of drug-likeness (QED) is 0.515. The standard InChI is InChI=1S/C17H21N2O.C5H5.Fe/c1-13(14-9-7-8-10-14)16(17(20)19(2)3)18-15-11-5-4-6-12-15;1-2-4-5-3-1;/h4-13,16,18H,1-3H3;1-5H;/q2*-1;+2/t13-,16-;;/m0../s1. The molecule has 0 spiro atoms. The van der Waals surface area contributed by atoms with E-state index in [-0.39, 0.29) is 34.9 Å². The molecule has 3 aromatic rings. The second kappa shape index (κ2) is 11.3. The van der Waals surface area contributed by atoms with E-state index >= 15 is 0 Å². The Balaban J connectivity index is 0.000000486. The molecule has 26 heavy (non-hydrogen) atoms. The molecule has 3 nitrogen and oxygen atoms in total. The Bertz CT molecular complexity index is 689. The first-order valence-corrected chi connectivity index (χ1v) is 8.50. The van der Waals surface area contributed by atoms with Crippen molar-refractivity contribution in [3.63, 3.8) is 0 Å². The van der Waals surface area contributed by atoms with E-state index in [0.29, 0.717) is 0 Å². The number of rotatable bonds is 5. The topological polar surface area (TPSA) is 32.3 Å². The van der Waals surface area contributed by atoms with Crippen LogP contribution in [0.1, 0.15) is 18.4 Å². The minimum atomic E-state index is -0.269. The molecule has 0 saturated heterocycles. The van der Waals surface area contributed by atoms with Crippen LogP contribution in [0.15, 0.2) is 84.9 Å². The van der Waals surface area contributed by atoms with E-state index in [4.69, 9.17) is 0 Å². The molecule has 3 rings (SSSR count). The number of anilines is 1. The Morgan fingerprint density at radius 3 is 2.08 bits per heavy atom. The van der Waals surface area contributed by atoms with Crippen molar-refractivity contribution < 1.29 is 21.9 Å². The van der Waals surface area contributed by atoms with Crippen molar-refractivity contribution >= 4 is 11.6 Å². The third kappa shape index (κ3) is 6.55. The molecule has 3 aromatic carbocycles. The summed E-state index contributed by atoms with van der Waals surface area (Å²) in [5.41, 5.74) is 2.14. The minimum Gasteiger partial charge on any atom is -0.373 e. The number of nitrogens with one attached hydrogen (secondary N) is 1. The van der Waals surface area contributed by atoms with Gasteiger partial charge in [-0.25, -0.2) is 24.3 Å². The summed E-state index contributed by atoms with van der Waals surface area (Å²) >= 11 is 0. The van der Waals surface area contributed by atoms with E-state index in [1.165, 1.54) is 5.56 Å². The zero-order valence-corrected chi connectivity index (χ0v) is 16.6. The van der Waals surface area contributed by atoms with Crippen LogP contribution >= 0.6 is 0 Å². The molecule has 1 N–H and O–H groups in total. The van der Waals surface area contributed by atoms with E-state index in [1.54, 1.807) is 19.0 Å². The van der Waals surface area contributed by atoms with Crippen molar-refractivity contribution in [1.29, 1.82) is 0 Å². The van der Waals surface area contributed by atoms with E-state index in [1.807, 2.05) is 72.8 Å². The van der Waals surface area contributed by atoms with Gasteiger partial charge in [0.05, 0.1) is 0 Å². The Morgan fingerprint density at radius 1 is 0.962 bits per heavy atom. The molecular formula is C22H26FeN2O. The molecule has 0 unspecified atom stereocenters. The largest absolute Gasteiger partial charge is 2.00 e. The monoisotopic (exact) mass is 390 g/mol. The van der Waals surface area contributed by atoms with E-state index in [0.717, 1.165) is 5.69 Å². The second-order valence-electron chi connectivity index (χ2n) is 6.19. The van der Waals surface area contributed by atoms with Crippen LogP contribution in [0.4, 0.5) is 5.69 Å². The summed E-state index contributed by atoms with van der Waals surface area (Å²) in [5, 5.41) is 3.36. The summed E-state index contributed by atoms with van der Waals surface area (Å²) in [6.07, 6.45) is 0. The molecule has 0 aliphatic rings. The second-order valence-corrected chi connectivity index (χ2v) is 6.19. The summed E-state index contributed by atoms with van der Waals surface area (Å²) in [7, 11) is 3.58. The molecule has 4 heteroatoms. The SMILES string of the molecule is C[C@@H](c1ccc[cH-]1)[C@H](Nc1ccccc1)C(=O)N(C)C.[Fe+2].c1cc[cH-]c1. The fourth-order valence-corrected chi connectivity index (χ4v) is 2.60. The minimum absolute atomic E-state index is 0. The van der Waals surface area contributed by atoms with Gasteiger partial charge < -0.3 is 10.2 Å². The van der Waals surface area contributed by atoms with Crippen LogP contribution in [0.25, 0.3) is 0 Å². The number of benzene rings is 1. The Kier molecular flexibility index (Phi) is 9.49. The molecule has 0 aromatic heterocycles. The number of likely N-dealkylation sites (N-methyl/N-ethyl adjacent to an activating group) is 1. The van der Waals surface area contributed by atoms with Gasteiger partial charge in [-0.3, -0.25) is 4.79 Å². The van der Waals surface area contributed by atoms with Crippen molar-refractivity contribution in [3.8, 4) is 0 Å². The average Bonchev–Trinajstić information content (AvgIpc) is 3.35. The molecule has 0 saturated carbocycles. The number of hydrogen-bond donors (Lipinski definition) is 1. The van der Waals surface area contributed by atoms with Gasteiger partial charge in [-0.2, -0.15) is 35.9 Å². The predicted octanol–water partition coefficient (Wildman–Crippen LogP) is 4.48. The normalized spacial score (nSPS) is 12.0. The summed E-state index contributed by atoms with van der Waals surface area (Å²) in [4.78, 5) is 14.1. The Hall–Kier alpha value is -2.29. The van der Waals surface area contributed by atoms with Gasteiger partial charge in [-0.05, 0) is 18.1 Å². The number of nitrogens with zero attached hydrogens (tertiary/aromatic N) is 1. The summed E-state index contributed by atoms with van der Waals surface area (Å²) in [6.45, 7) is 2.08. The molecule has 0 bridgehead atoms. The summed E-state index contributed by atoms with van der Waals surface area (Å²) in [6, 6.07) is 27.7. The molecule has 0 fully saturated rings. The van der Waals surface area contributed by atoms with Crippen LogP contribution in [0, 0.1) is 0 Å². The number of carbonyl (C=O) groups is 1. The molecule has 0 radical (unpaired) electrons. The van der Waals surface area contributed by atoms with Gasteiger partial charge in [0.25, 0.3) is 0 Å². The smallest absolute Gasteiger partial charge is 0.373 e. The van der Waals surface area contributed by atoms with Gasteiger partial charge in [0.15, 0.2) is 0 Å². The fraction of sp³-hybridized carbons (Fsp3) is 0.227. The zero-order chi connectivity index (χ0) is 18.1. The third-order valence-electron chi connectivity index (χ3n) is 4.07. The van der Waals surface area contributed by atoms with E-state index in [9.17, 15) is 4.79 Å². The van der Waals surface area contributed by atoms with Crippen LogP contribution in [-0.4, -0.2) is 30.9 Å². The van der Waals surface area contributed by atoms with Gasteiger partial charge in [0.1, 0.15) is 6.04 Å². The van der Waals surface area contributed by atoms with Gasteiger partial charge in [0, 0.05) is 19.8 Å². The van der Waals surface area contributed by atoms with Gasteiger partial charge in [0.2, 0.25) is 5.91 Å². The van der Waals surface area contributed by atoms with Crippen LogP contribution < -0.4 is 5.32 Å². The number of hydrogen-bond acceptors (Lipinski definition) is 2. The molecule has 2 atom stereocenters. The molecule has 0 aliphatic carbocycles. The van der Waals surface area contributed by atoms with Crippen molar-refractivity contribution in [1.82, 2.24) is 4.90 Å².